The van der Waals surface area contributed by atoms with Gasteiger partial charge in [0.1, 0.15) is 0 Å². The van der Waals surface area contributed by atoms with Gasteiger partial charge in [0.2, 0.25) is 0 Å². The van der Waals surface area contributed by atoms with Gasteiger partial charge >= 0.3 is 0 Å². The van der Waals surface area contributed by atoms with E-state index in [0.29, 0.717) is 25.3 Å². The third-order valence-electron chi connectivity index (χ3n) is 3.40. The lowest BCUT2D eigenvalue weighted by molar-refractivity contribution is 0.0698. The fraction of sp³-hybridized carbons (Fsp3) is 0.938. The van der Waals surface area contributed by atoms with E-state index >= 15 is 0 Å². The van der Waals surface area contributed by atoms with E-state index in [4.69, 9.17) is 9.47 Å². The first-order valence-corrected chi connectivity index (χ1v) is 8.29. The predicted molar refractivity (Wildman–Crippen MR) is 109 cm³/mol. The molecule has 0 heterocycles. The molecular formula is C16H37IN4O2. The van der Waals surface area contributed by atoms with Gasteiger partial charge in [0.15, 0.2) is 5.96 Å². The lowest BCUT2D eigenvalue weighted by atomic mass is 10.2. The number of nitrogens with zero attached hydrogens (tertiary/aromatic N) is 2. The highest BCUT2D eigenvalue weighted by molar-refractivity contribution is 14.0. The summed E-state index contributed by atoms with van der Waals surface area (Å²) >= 11 is 0. The van der Waals surface area contributed by atoms with Crippen molar-refractivity contribution >= 4 is 29.9 Å². The van der Waals surface area contributed by atoms with Crippen LogP contribution in [0.2, 0.25) is 0 Å². The Hall–Kier alpha value is -0.120. The van der Waals surface area contributed by atoms with Crippen LogP contribution in [0.4, 0.5) is 0 Å². The number of methoxy groups -OCH3 is 1. The number of hydrogen-bond acceptors (Lipinski definition) is 4. The van der Waals surface area contributed by atoms with Crippen molar-refractivity contribution < 1.29 is 9.47 Å². The van der Waals surface area contributed by atoms with E-state index in [0.717, 1.165) is 38.6 Å². The molecule has 0 saturated carbocycles. The van der Waals surface area contributed by atoms with Gasteiger partial charge in [-0.25, -0.2) is 0 Å². The largest absolute Gasteiger partial charge is 0.382 e. The summed E-state index contributed by atoms with van der Waals surface area (Å²) in [5.74, 6) is 0.851. The Morgan fingerprint density at radius 1 is 1.00 bits per heavy atom. The first-order valence-electron chi connectivity index (χ1n) is 8.29. The SMILES string of the molecule is CN=C(NCCCOCCOC)NCCN(C(C)C)C(C)C.I. The summed E-state index contributed by atoms with van der Waals surface area (Å²) < 4.78 is 10.4. The molecule has 0 aromatic rings. The fourth-order valence-corrected chi connectivity index (χ4v) is 2.26. The van der Waals surface area contributed by atoms with Crippen molar-refractivity contribution in [3.05, 3.63) is 0 Å². The molecule has 0 saturated heterocycles. The minimum Gasteiger partial charge on any atom is -0.382 e. The van der Waals surface area contributed by atoms with Crippen molar-refractivity contribution in [2.75, 3.05) is 53.6 Å². The molecule has 6 nitrogen and oxygen atoms in total. The lowest BCUT2D eigenvalue weighted by Crippen LogP contribution is -2.45. The number of rotatable bonds is 12. The van der Waals surface area contributed by atoms with E-state index in [9.17, 15) is 0 Å². The summed E-state index contributed by atoms with van der Waals surface area (Å²) in [6, 6.07) is 1.11. The Labute approximate surface area is 159 Å². The number of aliphatic imine (C=N–C) groups is 1. The normalized spacial score (nSPS) is 12.0. The van der Waals surface area contributed by atoms with Crippen molar-refractivity contribution in [2.24, 2.45) is 4.99 Å². The maximum absolute atomic E-state index is 5.42. The van der Waals surface area contributed by atoms with Gasteiger partial charge in [0, 0.05) is 52.5 Å². The van der Waals surface area contributed by atoms with Crippen LogP contribution in [0.5, 0.6) is 0 Å². The molecule has 0 aliphatic carbocycles. The smallest absolute Gasteiger partial charge is 0.191 e. The van der Waals surface area contributed by atoms with Crippen molar-refractivity contribution in [1.82, 2.24) is 15.5 Å². The van der Waals surface area contributed by atoms with E-state index in [1.54, 1.807) is 14.2 Å². The average molecular weight is 444 g/mol. The highest BCUT2D eigenvalue weighted by Gasteiger charge is 2.12. The topological polar surface area (TPSA) is 58.1 Å². The molecule has 0 fully saturated rings. The molecule has 0 atom stereocenters. The molecule has 0 aliphatic rings. The maximum Gasteiger partial charge on any atom is 0.191 e. The van der Waals surface area contributed by atoms with Crippen LogP contribution in [0.25, 0.3) is 0 Å². The lowest BCUT2D eigenvalue weighted by Gasteiger charge is -2.30. The Morgan fingerprint density at radius 3 is 2.13 bits per heavy atom. The fourth-order valence-electron chi connectivity index (χ4n) is 2.26. The molecule has 0 unspecified atom stereocenters. The summed E-state index contributed by atoms with van der Waals surface area (Å²) in [5.41, 5.74) is 0. The van der Waals surface area contributed by atoms with Crippen molar-refractivity contribution in [1.29, 1.82) is 0 Å². The maximum atomic E-state index is 5.42. The van der Waals surface area contributed by atoms with E-state index in [1.165, 1.54) is 0 Å². The Kier molecular flexibility index (Phi) is 18.3. The molecule has 7 heteroatoms. The Balaban J connectivity index is 0. The van der Waals surface area contributed by atoms with E-state index in [-0.39, 0.29) is 24.0 Å². The van der Waals surface area contributed by atoms with Crippen LogP contribution in [0.15, 0.2) is 4.99 Å². The molecule has 140 valence electrons. The number of halogens is 1. The van der Waals surface area contributed by atoms with Gasteiger partial charge in [-0.15, -0.1) is 24.0 Å². The first-order chi connectivity index (χ1) is 10.5. The Bertz CT molecular complexity index is 281. The third-order valence-corrected chi connectivity index (χ3v) is 3.40. The molecule has 0 bridgehead atoms. The van der Waals surface area contributed by atoms with Crippen molar-refractivity contribution in [3.8, 4) is 0 Å². The average Bonchev–Trinajstić information content (AvgIpc) is 2.47. The predicted octanol–water partition coefficient (Wildman–Crippen LogP) is 1.94. The molecule has 0 aliphatic heterocycles. The highest BCUT2D eigenvalue weighted by atomic mass is 127. The van der Waals surface area contributed by atoms with Crippen LogP contribution in [0.3, 0.4) is 0 Å². The van der Waals surface area contributed by atoms with E-state index in [1.807, 2.05) is 0 Å². The number of guanidine groups is 1. The van der Waals surface area contributed by atoms with Crippen molar-refractivity contribution in [2.45, 2.75) is 46.2 Å². The number of nitrogens with one attached hydrogen (secondary N) is 2. The summed E-state index contributed by atoms with van der Waals surface area (Å²) in [7, 11) is 3.48. The molecule has 0 amide bonds. The first kappa shape index (κ1) is 25.1. The van der Waals surface area contributed by atoms with Crippen LogP contribution in [-0.4, -0.2) is 76.6 Å². The second-order valence-electron chi connectivity index (χ2n) is 5.81. The van der Waals surface area contributed by atoms with Crippen LogP contribution in [0, 0.1) is 0 Å². The molecule has 0 aromatic carbocycles. The number of hydrogen-bond donors (Lipinski definition) is 2. The molecule has 2 N–H and O–H groups in total. The van der Waals surface area contributed by atoms with Gasteiger partial charge in [-0.3, -0.25) is 9.89 Å². The third kappa shape index (κ3) is 14.0. The second kappa shape index (κ2) is 16.7. The van der Waals surface area contributed by atoms with E-state index < -0.39 is 0 Å². The monoisotopic (exact) mass is 444 g/mol. The summed E-state index contributed by atoms with van der Waals surface area (Å²) in [5, 5.41) is 6.66. The second-order valence-corrected chi connectivity index (χ2v) is 5.81. The summed E-state index contributed by atoms with van der Waals surface area (Å²) in [4.78, 5) is 6.70. The molecule has 0 rings (SSSR count). The number of ether oxygens (including phenoxy) is 2. The van der Waals surface area contributed by atoms with Crippen LogP contribution in [-0.2, 0) is 9.47 Å². The molecular weight excluding hydrogens is 407 g/mol. The van der Waals surface area contributed by atoms with Gasteiger partial charge in [-0.1, -0.05) is 0 Å². The molecule has 23 heavy (non-hydrogen) atoms. The van der Waals surface area contributed by atoms with Crippen molar-refractivity contribution in [3.63, 3.8) is 0 Å². The molecule has 0 aromatic heterocycles. The van der Waals surface area contributed by atoms with Gasteiger partial charge in [-0.2, -0.15) is 0 Å². The minimum atomic E-state index is 0. The minimum absolute atomic E-state index is 0. The Morgan fingerprint density at radius 2 is 1.61 bits per heavy atom. The highest BCUT2D eigenvalue weighted by Crippen LogP contribution is 2.03. The molecule has 0 radical (unpaired) electrons. The van der Waals surface area contributed by atoms with Gasteiger partial charge in [0.25, 0.3) is 0 Å². The zero-order chi connectivity index (χ0) is 16.8. The van der Waals surface area contributed by atoms with Crippen LogP contribution in [0.1, 0.15) is 34.1 Å². The molecule has 0 spiro atoms. The quantitative estimate of drug-likeness (QED) is 0.209. The van der Waals surface area contributed by atoms with Crippen LogP contribution >= 0.6 is 24.0 Å². The summed E-state index contributed by atoms with van der Waals surface area (Å²) in [6.07, 6.45) is 0.953. The standard InChI is InChI=1S/C16H36N4O2.HI/c1-14(2)20(15(3)4)10-9-19-16(17-5)18-8-7-11-22-13-12-21-6;/h14-15H,7-13H2,1-6H3,(H2,17,18,19);1H. The van der Waals surface area contributed by atoms with Gasteiger partial charge in [0.05, 0.1) is 13.2 Å². The van der Waals surface area contributed by atoms with Gasteiger partial charge < -0.3 is 20.1 Å². The van der Waals surface area contributed by atoms with Gasteiger partial charge in [-0.05, 0) is 34.1 Å². The zero-order valence-electron chi connectivity index (χ0n) is 15.7. The van der Waals surface area contributed by atoms with Crippen LogP contribution < -0.4 is 10.6 Å². The van der Waals surface area contributed by atoms with E-state index in [2.05, 4.69) is 48.2 Å². The zero-order valence-corrected chi connectivity index (χ0v) is 18.1. The summed E-state index contributed by atoms with van der Waals surface area (Å²) in [6.45, 7) is 13.7.